The van der Waals surface area contributed by atoms with E-state index in [9.17, 15) is 4.79 Å². The molecular weight excluding hydrogens is 332 g/mol. The van der Waals surface area contributed by atoms with Gasteiger partial charge in [0.2, 0.25) is 0 Å². The van der Waals surface area contributed by atoms with Gasteiger partial charge in [0.1, 0.15) is 10.3 Å². The van der Waals surface area contributed by atoms with Crippen LogP contribution in [0.2, 0.25) is 0 Å². The van der Waals surface area contributed by atoms with Crippen molar-refractivity contribution in [2.24, 2.45) is 0 Å². The lowest BCUT2D eigenvalue weighted by Gasteiger charge is -2.03. The first-order chi connectivity index (χ1) is 10.2. The molecule has 0 aliphatic heterocycles. The minimum atomic E-state index is -0.177. The third-order valence-corrected chi connectivity index (χ3v) is 3.96. The molecule has 0 spiro atoms. The van der Waals surface area contributed by atoms with Gasteiger partial charge in [-0.25, -0.2) is 9.67 Å². The quantitative estimate of drug-likeness (QED) is 0.794. The minimum Gasteiger partial charge on any atom is -0.305 e. The summed E-state index contributed by atoms with van der Waals surface area (Å²) in [5, 5.41) is 4.31. The maximum absolute atomic E-state index is 11.9. The first kappa shape index (κ1) is 13.8. The van der Waals surface area contributed by atoms with E-state index in [1.807, 2.05) is 43.5 Å². The number of benzene rings is 1. The van der Waals surface area contributed by atoms with E-state index in [-0.39, 0.29) is 5.56 Å². The summed E-state index contributed by atoms with van der Waals surface area (Å²) in [5.41, 5.74) is 2.29. The van der Waals surface area contributed by atoms with Crippen LogP contribution in [0.4, 0.5) is 0 Å². The fraction of sp³-hybridized carbons (Fsp3) is 0.133. The number of nitrogens with zero attached hydrogens (tertiary/aromatic N) is 3. The highest BCUT2D eigenvalue weighted by Gasteiger charge is 2.10. The number of hydrogen-bond donors (Lipinski definition) is 1. The van der Waals surface area contributed by atoms with Crippen molar-refractivity contribution in [2.45, 2.75) is 13.3 Å². The summed E-state index contributed by atoms with van der Waals surface area (Å²) >= 11 is 3.26. The second kappa shape index (κ2) is 5.65. The molecule has 106 valence electrons. The average molecular weight is 345 g/mol. The zero-order valence-corrected chi connectivity index (χ0v) is 13.0. The first-order valence-electron chi connectivity index (χ1n) is 6.58. The van der Waals surface area contributed by atoms with E-state index in [1.54, 1.807) is 10.9 Å². The number of aromatic nitrogens is 4. The highest BCUT2D eigenvalue weighted by atomic mass is 79.9. The average Bonchev–Trinajstić information content (AvgIpc) is 3.00. The number of H-pyrrole nitrogens is 1. The van der Waals surface area contributed by atoms with Gasteiger partial charge in [0.25, 0.3) is 5.56 Å². The molecule has 0 bridgehead atoms. The van der Waals surface area contributed by atoms with Gasteiger partial charge in [-0.05, 0) is 34.5 Å². The van der Waals surface area contributed by atoms with Gasteiger partial charge in [-0.15, -0.1) is 0 Å². The smallest absolute Gasteiger partial charge is 0.265 e. The van der Waals surface area contributed by atoms with Crippen LogP contribution in [0.3, 0.4) is 0 Å². The predicted octanol–water partition coefficient (Wildman–Crippen LogP) is 2.95. The maximum Gasteiger partial charge on any atom is 0.265 e. The van der Waals surface area contributed by atoms with Crippen molar-refractivity contribution in [1.29, 1.82) is 0 Å². The van der Waals surface area contributed by atoms with Crippen LogP contribution >= 0.6 is 15.9 Å². The molecule has 2 aromatic heterocycles. The van der Waals surface area contributed by atoms with Crippen LogP contribution in [0.15, 0.2) is 52.0 Å². The van der Waals surface area contributed by atoms with Gasteiger partial charge in [-0.1, -0.05) is 25.1 Å². The molecule has 0 saturated carbocycles. The Hall–Kier alpha value is -2.21. The number of nitrogens with one attached hydrogen (secondary N) is 1. The molecule has 21 heavy (non-hydrogen) atoms. The van der Waals surface area contributed by atoms with Gasteiger partial charge in [0.05, 0.1) is 23.1 Å². The lowest BCUT2D eigenvalue weighted by molar-refractivity contribution is 0.880. The monoisotopic (exact) mass is 344 g/mol. The van der Waals surface area contributed by atoms with E-state index in [0.717, 1.165) is 16.9 Å². The van der Waals surface area contributed by atoms with E-state index in [0.29, 0.717) is 16.7 Å². The van der Waals surface area contributed by atoms with Crippen molar-refractivity contribution in [3.63, 3.8) is 0 Å². The van der Waals surface area contributed by atoms with Gasteiger partial charge in [0.15, 0.2) is 0 Å². The normalized spacial score (nSPS) is 10.8. The Kier molecular flexibility index (Phi) is 3.70. The molecule has 5 nitrogen and oxygen atoms in total. The summed E-state index contributed by atoms with van der Waals surface area (Å²) in [4.78, 5) is 19.1. The van der Waals surface area contributed by atoms with E-state index < -0.39 is 0 Å². The van der Waals surface area contributed by atoms with Crippen molar-refractivity contribution < 1.29 is 0 Å². The van der Waals surface area contributed by atoms with Crippen LogP contribution in [0.25, 0.3) is 17.1 Å². The third-order valence-electron chi connectivity index (χ3n) is 3.14. The van der Waals surface area contributed by atoms with E-state index >= 15 is 0 Å². The van der Waals surface area contributed by atoms with Crippen molar-refractivity contribution in [3.8, 4) is 17.1 Å². The highest BCUT2D eigenvalue weighted by Crippen LogP contribution is 2.18. The van der Waals surface area contributed by atoms with E-state index in [4.69, 9.17) is 0 Å². The molecule has 1 N–H and O–H groups in total. The standard InChI is InChI=1S/C15H13BrN4O/c1-2-12-13(16)15(21)19-14(18-12)10-8-17-20(9-10)11-6-4-3-5-7-11/h3-9H,2H2,1H3,(H,18,19,21). The first-order valence-corrected chi connectivity index (χ1v) is 7.37. The number of halogens is 1. The Labute approximate surface area is 129 Å². The summed E-state index contributed by atoms with van der Waals surface area (Å²) in [5.74, 6) is 0.530. The Morgan fingerprint density at radius 3 is 2.76 bits per heavy atom. The van der Waals surface area contributed by atoms with Crippen LogP contribution in [-0.2, 0) is 6.42 Å². The van der Waals surface area contributed by atoms with E-state index in [2.05, 4.69) is 31.0 Å². The number of rotatable bonds is 3. The molecule has 2 heterocycles. The number of hydrogen-bond acceptors (Lipinski definition) is 3. The molecule has 3 aromatic rings. The number of aryl methyl sites for hydroxylation is 1. The molecule has 0 aliphatic rings. The van der Waals surface area contributed by atoms with Crippen molar-refractivity contribution >= 4 is 15.9 Å². The molecule has 0 radical (unpaired) electrons. The Balaban J connectivity index is 2.05. The molecular formula is C15H13BrN4O. The molecule has 3 rings (SSSR count). The maximum atomic E-state index is 11.9. The zero-order valence-electron chi connectivity index (χ0n) is 11.4. The van der Waals surface area contributed by atoms with Crippen LogP contribution in [-0.4, -0.2) is 19.7 Å². The fourth-order valence-electron chi connectivity index (χ4n) is 2.04. The van der Waals surface area contributed by atoms with Gasteiger partial charge < -0.3 is 4.98 Å². The topological polar surface area (TPSA) is 63.6 Å². The van der Waals surface area contributed by atoms with Gasteiger partial charge in [-0.3, -0.25) is 4.79 Å². The second-order valence-electron chi connectivity index (χ2n) is 4.54. The highest BCUT2D eigenvalue weighted by molar-refractivity contribution is 9.10. The van der Waals surface area contributed by atoms with Crippen LogP contribution in [0.1, 0.15) is 12.6 Å². The second-order valence-corrected chi connectivity index (χ2v) is 5.33. The lowest BCUT2D eigenvalue weighted by Crippen LogP contribution is -2.13. The van der Waals surface area contributed by atoms with Crippen LogP contribution < -0.4 is 5.56 Å². The lowest BCUT2D eigenvalue weighted by atomic mass is 10.3. The Morgan fingerprint density at radius 2 is 2.05 bits per heavy atom. The van der Waals surface area contributed by atoms with Crippen molar-refractivity contribution in [2.75, 3.05) is 0 Å². The van der Waals surface area contributed by atoms with Gasteiger partial charge in [0, 0.05) is 6.20 Å². The zero-order chi connectivity index (χ0) is 14.8. The SMILES string of the molecule is CCc1nc(-c2cnn(-c3ccccc3)c2)[nH]c(=O)c1Br. The molecule has 0 fully saturated rings. The summed E-state index contributed by atoms with van der Waals surface area (Å²) in [6, 6.07) is 9.78. The molecule has 0 aliphatic carbocycles. The Bertz CT molecular complexity index is 823. The van der Waals surface area contributed by atoms with Gasteiger partial charge >= 0.3 is 0 Å². The fourth-order valence-corrected chi connectivity index (χ4v) is 2.51. The van der Waals surface area contributed by atoms with Crippen molar-refractivity contribution in [1.82, 2.24) is 19.7 Å². The molecule has 0 saturated heterocycles. The third kappa shape index (κ3) is 2.67. The summed E-state index contributed by atoms with van der Waals surface area (Å²) in [6.45, 7) is 1.96. The van der Waals surface area contributed by atoms with Crippen LogP contribution in [0, 0.1) is 0 Å². The summed E-state index contributed by atoms with van der Waals surface area (Å²) in [7, 11) is 0. The van der Waals surface area contributed by atoms with Gasteiger partial charge in [-0.2, -0.15) is 5.10 Å². The molecule has 1 aromatic carbocycles. The Morgan fingerprint density at radius 1 is 1.29 bits per heavy atom. The number of aromatic amines is 1. The molecule has 0 unspecified atom stereocenters. The summed E-state index contributed by atoms with van der Waals surface area (Å²) < 4.78 is 2.24. The van der Waals surface area contributed by atoms with Crippen molar-refractivity contribution in [3.05, 3.63) is 63.2 Å². The predicted molar refractivity (Wildman–Crippen MR) is 84.5 cm³/mol. The minimum absolute atomic E-state index is 0.177. The molecule has 0 amide bonds. The largest absolute Gasteiger partial charge is 0.305 e. The van der Waals surface area contributed by atoms with Crippen LogP contribution in [0.5, 0.6) is 0 Å². The summed E-state index contributed by atoms with van der Waals surface area (Å²) in [6.07, 6.45) is 4.23. The van der Waals surface area contributed by atoms with E-state index in [1.165, 1.54) is 0 Å². The molecule has 0 atom stereocenters. The number of para-hydroxylation sites is 1. The molecule has 6 heteroatoms.